The van der Waals surface area contributed by atoms with E-state index in [1.807, 2.05) is 0 Å². The predicted octanol–water partition coefficient (Wildman–Crippen LogP) is 3.00. The van der Waals surface area contributed by atoms with Crippen LogP contribution < -0.4 is 0 Å². The second kappa shape index (κ2) is 5.15. The van der Waals surface area contributed by atoms with Crippen LogP contribution in [0, 0.1) is 6.92 Å². The van der Waals surface area contributed by atoms with Gasteiger partial charge in [0.15, 0.2) is 0 Å². The van der Waals surface area contributed by atoms with Gasteiger partial charge in [-0.05, 0) is 24.6 Å². The van der Waals surface area contributed by atoms with Crippen molar-refractivity contribution < 1.29 is 22.7 Å². The maximum atomic E-state index is 13.0. The number of H-pyrrole nitrogens is 1. The van der Waals surface area contributed by atoms with Crippen molar-refractivity contribution in [1.29, 1.82) is 0 Å². The summed E-state index contributed by atoms with van der Waals surface area (Å²) < 4.78 is 43.8. The number of nitrogens with zero attached hydrogens (tertiary/aromatic N) is 1. The lowest BCUT2D eigenvalue weighted by atomic mass is 10.0. The van der Waals surface area contributed by atoms with Crippen LogP contribution in [0.25, 0.3) is 11.0 Å². The molecule has 4 nitrogen and oxygen atoms in total. The standard InChI is InChI=1S/C13H13F3N2O2/c1-7-17-11-4-3-10(13(14,15)16)9(12(11)18-7)5-6-20-8(2)19/h3-4H,5-6H2,1-2H3,(H,17,18). The van der Waals surface area contributed by atoms with Crippen molar-refractivity contribution in [3.63, 3.8) is 0 Å². The molecule has 0 amide bonds. The topological polar surface area (TPSA) is 55.0 Å². The SMILES string of the molecule is CC(=O)OCCc1c(C(F)(F)F)ccc2[nH]c(C)nc12. The Morgan fingerprint density at radius 1 is 1.40 bits per heavy atom. The summed E-state index contributed by atoms with van der Waals surface area (Å²) in [5, 5.41) is 0. The number of rotatable bonds is 3. The van der Waals surface area contributed by atoms with Gasteiger partial charge in [0.05, 0.1) is 23.2 Å². The highest BCUT2D eigenvalue weighted by molar-refractivity contribution is 5.80. The fraction of sp³-hybridized carbons (Fsp3) is 0.385. The molecule has 0 aliphatic carbocycles. The van der Waals surface area contributed by atoms with Crippen molar-refractivity contribution in [2.75, 3.05) is 6.61 Å². The van der Waals surface area contributed by atoms with Crippen LogP contribution in [0.5, 0.6) is 0 Å². The van der Waals surface area contributed by atoms with E-state index >= 15 is 0 Å². The van der Waals surface area contributed by atoms with Gasteiger partial charge in [-0.15, -0.1) is 0 Å². The molecule has 0 aliphatic heterocycles. The molecule has 0 fully saturated rings. The highest BCUT2D eigenvalue weighted by atomic mass is 19.4. The van der Waals surface area contributed by atoms with Gasteiger partial charge in [-0.2, -0.15) is 13.2 Å². The van der Waals surface area contributed by atoms with Gasteiger partial charge in [0.25, 0.3) is 0 Å². The molecule has 1 heterocycles. The van der Waals surface area contributed by atoms with E-state index in [4.69, 9.17) is 4.74 Å². The second-order valence-electron chi connectivity index (χ2n) is 4.40. The van der Waals surface area contributed by atoms with Gasteiger partial charge in [0.2, 0.25) is 0 Å². The normalized spacial score (nSPS) is 11.8. The number of halogens is 3. The van der Waals surface area contributed by atoms with Crippen LogP contribution in [0.15, 0.2) is 12.1 Å². The van der Waals surface area contributed by atoms with E-state index in [0.717, 1.165) is 6.07 Å². The molecule has 108 valence electrons. The van der Waals surface area contributed by atoms with Gasteiger partial charge < -0.3 is 9.72 Å². The van der Waals surface area contributed by atoms with E-state index in [1.165, 1.54) is 13.0 Å². The molecule has 0 unspecified atom stereocenters. The number of esters is 1. The molecule has 0 atom stereocenters. The molecule has 7 heteroatoms. The van der Waals surface area contributed by atoms with Crippen LogP contribution in [0.3, 0.4) is 0 Å². The van der Waals surface area contributed by atoms with E-state index in [2.05, 4.69) is 9.97 Å². The Hall–Kier alpha value is -2.05. The molecular weight excluding hydrogens is 273 g/mol. The smallest absolute Gasteiger partial charge is 0.416 e. The summed E-state index contributed by atoms with van der Waals surface area (Å²) in [5.41, 5.74) is 0.0991. The van der Waals surface area contributed by atoms with Crippen molar-refractivity contribution in [3.8, 4) is 0 Å². The molecule has 1 aromatic carbocycles. The number of nitrogens with one attached hydrogen (secondary N) is 1. The highest BCUT2D eigenvalue weighted by Crippen LogP contribution is 2.35. The molecule has 0 aliphatic rings. The number of aromatic amines is 1. The van der Waals surface area contributed by atoms with Crippen LogP contribution in [-0.2, 0) is 22.1 Å². The summed E-state index contributed by atoms with van der Waals surface area (Å²) in [6.07, 6.45) is -4.50. The molecule has 0 radical (unpaired) electrons. The molecule has 20 heavy (non-hydrogen) atoms. The van der Waals surface area contributed by atoms with Crippen molar-refractivity contribution in [2.45, 2.75) is 26.4 Å². The predicted molar refractivity (Wildman–Crippen MR) is 66.2 cm³/mol. The third-order valence-corrected chi connectivity index (χ3v) is 2.84. The van der Waals surface area contributed by atoms with Gasteiger partial charge in [-0.3, -0.25) is 4.79 Å². The maximum absolute atomic E-state index is 13.0. The van der Waals surface area contributed by atoms with E-state index in [1.54, 1.807) is 6.92 Å². The number of carbonyl (C=O) groups is 1. The molecule has 0 bridgehead atoms. The minimum atomic E-state index is -4.47. The minimum absolute atomic E-state index is 0.0317. The van der Waals surface area contributed by atoms with Crippen molar-refractivity contribution in [3.05, 3.63) is 29.1 Å². The first kappa shape index (κ1) is 14.4. The molecule has 1 aromatic heterocycles. The van der Waals surface area contributed by atoms with Crippen molar-refractivity contribution in [2.24, 2.45) is 0 Å². The van der Waals surface area contributed by atoms with Gasteiger partial charge in [-0.1, -0.05) is 0 Å². The number of fused-ring (bicyclic) bond motifs is 1. The van der Waals surface area contributed by atoms with Gasteiger partial charge >= 0.3 is 12.1 Å². The van der Waals surface area contributed by atoms with Crippen LogP contribution in [-0.4, -0.2) is 22.5 Å². The highest BCUT2D eigenvalue weighted by Gasteiger charge is 2.34. The average molecular weight is 286 g/mol. The summed E-state index contributed by atoms with van der Waals surface area (Å²) in [6.45, 7) is 2.77. The molecular formula is C13H13F3N2O2. The lowest BCUT2D eigenvalue weighted by molar-refractivity contribution is -0.141. The summed E-state index contributed by atoms with van der Waals surface area (Å²) >= 11 is 0. The van der Waals surface area contributed by atoms with E-state index in [9.17, 15) is 18.0 Å². The van der Waals surface area contributed by atoms with Crippen LogP contribution in [0.1, 0.15) is 23.9 Å². The summed E-state index contributed by atoms with van der Waals surface area (Å²) in [6, 6.07) is 2.37. The molecule has 0 spiro atoms. The van der Waals surface area contributed by atoms with Gasteiger partial charge in [0, 0.05) is 13.3 Å². The Bertz CT molecular complexity index is 647. The number of carbonyl (C=O) groups excluding carboxylic acids is 1. The molecule has 0 saturated heterocycles. The molecule has 0 saturated carbocycles. The Kier molecular flexibility index (Phi) is 3.69. The maximum Gasteiger partial charge on any atom is 0.416 e. The quantitative estimate of drug-likeness (QED) is 0.882. The Morgan fingerprint density at radius 3 is 2.70 bits per heavy atom. The number of hydrogen-bond donors (Lipinski definition) is 1. The Morgan fingerprint density at radius 2 is 2.10 bits per heavy atom. The van der Waals surface area contributed by atoms with Crippen molar-refractivity contribution >= 4 is 17.0 Å². The molecule has 2 rings (SSSR count). The van der Waals surface area contributed by atoms with E-state index in [-0.39, 0.29) is 24.1 Å². The number of aromatic nitrogens is 2. The monoisotopic (exact) mass is 286 g/mol. The summed E-state index contributed by atoms with van der Waals surface area (Å²) in [4.78, 5) is 17.7. The molecule has 2 aromatic rings. The number of hydrogen-bond acceptors (Lipinski definition) is 3. The third-order valence-electron chi connectivity index (χ3n) is 2.84. The number of benzene rings is 1. The number of ether oxygens (including phenoxy) is 1. The zero-order valence-electron chi connectivity index (χ0n) is 11.0. The lowest BCUT2D eigenvalue weighted by Crippen LogP contribution is -2.12. The number of imidazole rings is 1. The van der Waals surface area contributed by atoms with Gasteiger partial charge in [0.1, 0.15) is 5.82 Å². The fourth-order valence-corrected chi connectivity index (χ4v) is 2.07. The van der Waals surface area contributed by atoms with Crippen molar-refractivity contribution in [1.82, 2.24) is 9.97 Å². The average Bonchev–Trinajstić information content (AvgIpc) is 2.67. The van der Waals surface area contributed by atoms with E-state index < -0.39 is 17.7 Å². The number of alkyl halides is 3. The first-order valence-electron chi connectivity index (χ1n) is 5.98. The Labute approximate surface area is 113 Å². The van der Waals surface area contributed by atoms with Crippen LogP contribution in [0.2, 0.25) is 0 Å². The first-order chi connectivity index (χ1) is 9.29. The Balaban J connectivity index is 2.47. The second-order valence-corrected chi connectivity index (χ2v) is 4.40. The fourth-order valence-electron chi connectivity index (χ4n) is 2.07. The van der Waals surface area contributed by atoms with Crippen LogP contribution in [0.4, 0.5) is 13.2 Å². The zero-order valence-corrected chi connectivity index (χ0v) is 11.0. The lowest BCUT2D eigenvalue weighted by Gasteiger charge is -2.13. The minimum Gasteiger partial charge on any atom is -0.466 e. The largest absolute Gasteiger partial charge is 0.466 e. The van der Waals surface area contributed by atoms with Gasteiger partial charge in [-0.25, -0.2) is 4.98 Å². The summed E-state index contributed by atoms with van der Waals surface area (Å²) in [5.74, 6) is 0.0111. The number of aryl methyl sites for hydroxylation is 1. The zero-order chi connectivity index (χ0) is 14.9. The van der Waals surface area contributed by atoms with Crippen LogP contribution >= 0.6 is 0 Å². The van der Waals surface area contributed by atoms with E-state index in [0.29, 0.717) is 11.3 Å². The molecule has 1 N–H and O–H groups in total. The first-order valence-corrected chi connectivity index (χ1v) is 5.98. The summed E-state index contributed by atoms with van der Waals surface area (Å²) in [7, 11) is 0. The third kappa shape index (κ3) is 2.92.